The van der Waals surface area contributed by atoms with Crippen molar-refractivity contribution < 1.29 is 14.0 Å². The van der Waals surface area contributed by atoms with Gasteiger partial charge in [-0.1, -0.05) is 0 Å². The molecule has 2 amide bonds. The Hall–Kier alpha value is -1.78. The predicted octanol–water partition coefficient (Wildman–Crippen LogP) is 0.916. The number of nitrogens with zero attached hydrogens (tertiary/aromatic N) is 1. The van der Waals surface area contributed by atoms with E-state index in [1.807, 2.05) is 26.8 Å². The van der Waals surface area contributed by atoms with Crippen molar-refractivity contribution in [2.24, 2.45) is 0 Å². The van der Waals surface area contributed by atoms with Gasteiger partial charge in [-0.15, -0.1) is 0 Å². The molecule has 1 atom stereocenters. The van der Waals surface area contributed by atoms with Gasteiger partial charge in [0.1, 0.15) is 18.1 Å². The number of rotatable bonds is 2. The van der Waals surface area contributed by atoms with Gasteiger partial charge in [0.25, 0.3) is 0 Å². The largest absolute Gasteiger partial charge is 0.466 e. The topological polar surface area (TPSA) is 62.6 Å². The maximum Gasteiger partial charge on any atom is 0.242 e. The highest BCUT2D eigenvalue weighted by Crippen LogP contribution is 2.26. The van der Waals surface area contributed by atoms with Crippen LogP contribution in [0.25, 0.3) is 0 Å². The van der Waals surface area contributed by atoms with Crippen LogP contribution in [0.5, 0.6) is 0 Å². The summed E-state index contributed by atoms with van der Waals surface area (Å²) in [5.41, 5.74) is 0.963. The molecule has 1 aliphatic heterocycles. The molecule has 0 aromatic carbocycles. The Labute approximate surface area is 99.8 Å². The molecule has 1 fully saturated rings. The van der Waals surface area contributed by atoms with Crippen LogP contribution in [0.3, 0.4) is 0 Å². The molecule has 2 heterocycles. The number of hydrogen-bond donors (Lipinski definition) is 1. The molecular weight excluding hydrogens is 220 g/mol. The lowest BCUT2D eigenvalue weighted by molar-refractivity contribution is -0.142. The van der Waals surface area contributed by atoms with Crippen LogP contribution in [-0.4, -0.2) is 29.8 Å². The molecule has 0 bridgehead atoms. The van der Waals surface area contributed by atoms with Crippen LogP contribution in [0.4, 0.5) is 0 Å². The first-order valence-corrected chi connectivity index (χ1v) is 5.62. The van der Waals surface area contributed by atoms with Gasteiger partial charge in [0.15, 0.2) is 0 Å². The second-order valence-corrected chi connectivity index (χ2v) is 4.34. The number of aryl methyl sites for hydroxylation is 2. The van der Waals surface area contributed by atoms with Crippen LogP contribution in [0.15, 0.2) is 10.5 Å². The summed E-state index contributed by atoms with van der Waals surface area (Å²) < 4.78 is 5.45. The molecule has 2 rings (SSSR count). The fourth-order valence-electron chi connectivity index (χ4n) is 2.16. The Bertz CT molecular complexity index is 464. The van der Waals surface area contributed by atoms with Gasteiger partial charge >= 0.3 is 0 Å². The first-order chi connectivity index (χ1) is 7.99. The van der Waals surface area contributed by atoms with E-state index in [1.54, 1.807) is 4.90 Å². The molecule has 1 aromatic heterocycles. The number of piperazine rings is 1. The van der Waals surface area contributed by atoms with E-state index in [2.05, 4.69) is 5.32 Å². The van der Waals surface area contributed by atoms with Crippen LogP contribution >= 0.6 is 0 Å². The van der Waals surface area contributed by atoms with Crippen molar-refractivity contribution in [1.82, 2.24) is 10.2 Å². The second kappa shape index (κ2) is 4.24. The van der Waals surface area contributed by atoms with E-state index in [9.17, 15) is 9.59 Å². The van der Waals surface area contributed by atoms with Crippen molar-refractivity contribution in [2.45, 2.75) is 26.8 Å². The van der Waals surface area contributed by atoms with Crippen LogP contribution in [0.1, 0.15) is 30.0 Å². The number of carbonyl (C=O) groups is 2. The third-order valence-electron chi connectivity index (χ3n) is 3.07. The fraction of sp³-hybridized carbons (Fsp3) is 0.500. The Morgan fingerprint density at radius 1 is 1.41 bits per heavy atom. The van der Waals surface area contributed by atoms with E-state index in [0.29, 0.717) is 0 Å². The Balaban J connectivity index is 2.24. The van der Waals surface area contributed by atoms with Crippen molar-refractivity contribution in [1.29, 1.82) is 0 Å². The zero-order valence-electron chi connectivity index (χ0n) is 10.2. The molecule has 0 spiro atoms. The van der Waals surface area contributed by atoms with E-state index in [-0.39, 0.29) is 30.9 Å². The SMILES string of the molecule is Cc1cc(C(C)N2CC(=O)NCC2=O)c(C)o1. The maximum absolute atomic E-state index is 11.8. The predicted molar refractivity (Wildman–Crippen MR) is 61.3 cm³/mol. The van der Waals surface area contributed by atoms with Crippen LogP contribution in [0.2, 0.25) is 0 Å². The lowest BCUT2D eigenvalue weighted by Crippen LogP contribution is -2.52. The van der Waals surface area contributed by atoms with Gasteiger partial charge in [0.2, 0.25) is 11.8 Å². The van der Waals surface area contributed by atoms with Crippen molar-refractivity contribution >= 4 is 11.8 Å². The van der Waals surface area contributed by atoms with Crippen LogP contribution < -0.4 is 5.32 Å². The number of hydrogen-bond acceptors (Lipinski definition) is 3. The van der Waals surface area contributed by atoms with Crippen molar-refractivity contribution in [3.8, 4) is 0 Å². The summed E-state index contributed by atoms with van der Waals surface area (Å²) in [6.45, 7) is 5.85. The van der Waals surface area contributed by atoms with E-state index < -0.39 is 0 Å². The summed E-state index contributed by atoms with van der Waals surface area (Å²) in [5, 5.41) is 2.53. The molecule has 92 valence electrons. The molecule has 1 N–H and O–H groups in total. The highest BCUT2D eigenvalue weighted by Gasteiger charge is 2.29. The third kappa shape index (κ3) is 2.18. The molecule has 0 radical (unpaired) electrons. The average molecular weight is 236 g/mol. The fourth-order valence-corrected chi connectivity index (χ4v) is 2.16. The van der Waals surface area contributed by atoms with E-state index in [0.717, 1.165) is 17.1 Å². The number of nitrogens with one attached hydrogen (secondary N) is 1. The van der Waals surface area contributed by atoms with Gasteiger partial charge in [0.05, 0.1) is 12.6 Å². The summed E-state index contributed by atoms with van der Waals surface area (Å²) in [4.78, 5) is 24.6. The summed E-state index contributed by atoms with van der Waals surface area (Å²) in [5.74, 6) is 1.44. The van der Waals surface area contributed by atoms with Gasteiger partial charge in [-0.2, -0.15) is 0 Å². The molecular formula is C12H16N2O3. The highest BCUT2D eigenvalue weighted by atomic mass is 16.3. The Morgan fingerprint density at radius 2 is 2.12 bits per heavy atom. The first kappa shape index (κ1) is 11.7. The monoisotopic (exact) mass is 236 g/mol. The van der Waals surface area contributed by atoms with Gasteiger partial charge in [-0.3, -0.25) is 9.59 Å². The summed E-state index contributed by atoms with van der Waals surface area (Å²) in [6, 6.07) is 1.78. The van der Waals surface area contributed by atoms with Crippen molar-refractivity contribution in [2.75, 3.05) is 13.1 Å². The number of furan rings is 1. The first-order valence-electron chi connectivity index (χ1n) is 5.62. The average Bonchev–Trinajstić information content (AvgIpc) is 2.60. The normalized spacial score (nSPS) is 18.2. The van der Waals surface area contributed by atoms with Gasteiger partial charge < -0.3 is 14.6 Å². The minimum Gasteiger partial charge on any atom is -0.466 e. The van der Waals surface area contributed by atoms with Crippen LogP contribution in [0, 0.1) is 13.8 Å². The molecule has 1 aromatic rings. The zero-order chi connectivity index (χ0) is 12.6. The quantitative estimate of drug-likeness (QED) is 0.830. The molecule has 0 saturated carbocycles. The van der Waals surface area contributed by atoms with Gasteiger partial charge in [-0.05, 0) is 26.8 Å². The zero-order valence-corrected chi connectivity index (χ0v) is 10.2. The molecule has 0 aliphatic carbocycles. The standard InChI is InChI=1S/C12H16N2O3/c1-7-4-10(9(3)17-7)8(2)14-6-11(15)13-5-12(14)16/h4,8H,5-6H2,1-3H3,(H,13,15). The minimum atomic E-state index is -0.133. The Kier molecular flexibility index (Phi) is 2.92. The van der Waals surface area contributed by atoms with Gasteiger partial charge in [0, 0.05) is 5.56 Å². The summed E-state index contributed by atoms with van der Waals surface area (Å²) >= 11 is 0. The molecule has 17 heavy (non-hydrogen) atoms. The lowest BCUT2D eigenvalue weighted by Gasteiger charge is -2.31. The Morgan fingerprint density at radius 3 is 2.71 bits per heavy atom. The summed E-state index contributed by atoms with van der Waals surface area (Å²) in [6.07, 6.45) is 0. The highest BCUT2D eigenvalue weighted by molar-refractivity contribution is 5.92. The van der Waals surface area contributed by atoms with Crippen LogP contribution in [-0.2, 0) is 9.59 Å². The second-order valence-electron chi connectivity index (χ2n) is 4.34. The number of amides is 2. The smallest absolute Gasteiger partial charge is 0.242 e. The molecule has 1 unspecified atom stereocenters. The minimum absolute atomic E-state index is 0.0599. The third-order valence-corrected chi connectivity index (χ3v) is 3.07. The van der Waals surface area contributed by atoms with Gasteiger partial charge in [-0.25, -0.2) is 0 Å². The molecule has 1 saturated heterocycles. The van der Waals surface area contributed by atoms with E-state index in [1.165, 1.54) is 0 Å². The van der Waals surface area contributed by atoms with E-state index >= 15 is 0 Å². The lowest BCUT2D eigenvalue weighted by atomic mass is 10.1. The van der Waals surface area contributed by atoms with Crippen molar-refractivity contribution in [3.05, 3.63) is 23.2 Å². The van der Waals surface area contributed by atoms with E-state index in [4.69, 9.17) is 4.42 Å². The molecule has 5 nitrogen and oxygen atoms in total. The van der Waals surface area contributed by atoms with Crippen molar-refractivity contribution in [3.63, 3.8) is 0 Å². The maximum atomic E-state index is 11.8. The number of carbonyl (C=O) groups excluding carboxylic acids is 2. The molecule has 5 heteroatoms. The molecule has 1 aliphatic rings. The summed E-state index contributed by atoms with van der Waals surface area (Å²) in [7, 11) is 0.